The third-order valence-electron chi connectivity index (χ3n) is 8.04. The molecular weight excluding hydrogens is 284 g/mol. The van der Waals surface area contributed by atoms with Crippen LogP contribution in [0.4, 0.5) is 0 Å². The molecule has 126 valence electrons. The van der Waals surface area contributed by atoms with E-state index in [4.69, 9.17) is 11.7 Å². The Hall–Kier alpha value is -1.32. The summed E-state index contributed by atoms with van der Waals surface area (Å²) in [4.78, 5) is 0. The van der Waals surface area contributed by atoms with Crippen LogP contribution >= 0.6 is 0 Å². The second kappa shape index (κ2) is 5.09. The first-order chi connectivity index (χ1) is 11.0. The Labute approximate surface area is 139 Å². The minimum absolute atomic E-state index is 0.270. The van der Waals surface area contributed by atoms with Crippen molar-refractivity contribution in [2.75, 3.05) is 0 Å². The highest BCUT2D eigenvalue weighted by molar-refractivity contribution is 5.96. The Balaban J connectivity index is 1.68. The minimum Gasteiger partial charge on any atom is -0.323 e. The molecule has 0 bridgehead atoms. The standard InChI is InChI=1S/C19H30N4/c1-18-9-7-13(22-20)11-12(18)3-4-14-15-5-6-17(23-21)19(15,2)10-8-16(14)18/h11,14-16H,3-10,20-21H2,1-2H3/t14-,15-,16-,18-,19-/m0/s1. The Morgan fingerprint density at radius 1 is 0.913 bits per heavy atom. The van der Waals surface area contributed by atoms with Crippen molar-refractivity contribution in [2.24, 2.45) is 50.5 Å². The summed E-state index contributed by atoms with van der Waals surface area (Å²) in [6, 6.07) is 0. The molecule has 0 aliphatic heterocycles. The Morgan fingerprint density at radius 3 is 2.43 bits per heavy atom. The second-order valence-electron chi connectivity index (χ2n) is 8.69. The molecule has 4 rings (SSSR count). The molecular formula is C19H30N4. The molecule has 0 heterocycles. The molecule has 0 radical (unpaired) electrons. The highest BCUT2D eigenvalue weighted by atomic mass is 15.1. The van der Waals surface area contributed by atoms with Crippen molar-refractivity contribution in [1.29, 1.82) is 0 Å². The summed E-state index contributed by atoms with van der Waals surface area (Å²) in [6.07, 6.45) is 12.1. The van der Waals surface area contributed by atoms with Gasteiger partial charge in [0.05, 0.1) is 5.71 Å². The maximum absolute atomic E-state index is 5.71. The van der Waals surface area contributed by atoms with E-state index in [9.17, 15) is 0 Å². The first-order valence-corrected chi connectivity index (χ1v) is 9.28. The fraction of sp³-hybridized carbons (Fsp3) is 0.789. The Bertz CT molecular complexity index is 604. The number of hydrogen-bond acceptors (Lipinski definition) is 4. The average molecular weight is 314 g/mol. The van der Waals surface area contributed by atoms with Crippen molar-refractivity contribution in [3.63, 3.8) is 0 Å². The molecule has 0 aromatic heterocycles. The molecule has 4 aliphatic carbocycles. The van der Waals surface area contributed by atoms with Crippen LogP contribution in [0.2, 0.25) is 0 Å². The highest BCUT2D eigenvalue weighted by Crippen LogP contribution is 2.64. The van der Waals surface area contributed by atoms with Crippen molar-refractivity contribution in [3.05, 3.63) is 11.6 Å². The van der Waals surface area contributed by atoms with E-state index in [1.165, 1.54) is 44.2 Å². The number of rotatable bonds is 0. The van der Waals surface area contributed by atoms with Gasteiger partial charge >= 0.3 is 0 Å². The van der Waals surface area contributed by atoms with Crippen molar-refractivity contribution in [1.82, 2.24) is 0 Å². The SMILES string of the molecule is C[C@]12CCC(=NN)C=C1CC[C@@H]1[C@@H]2CC[C@]2(C)C(=NN)CC[C@@H]12. The fourth-order valence-electron chi connectivity index (χ4n) is 6.67. The van der Waals surface area contributed by atoms with Crippen LogP contribution in [0, 0.1) is 28.6 Å². The Morgan fingerprint density at radius 2 is 1.70 bits per heavy atom. The van der Waals surface area contributed by atoms with Crippen LogP contribution in [-0.4, -0.2) is 11.4 Å². The maximum Gasteiger partial charge on any atom is 0.0600 e. The van der Waals surface area contributed by atoms with Crippen LogP contribution in [0.15, 0.2) is 21.9 Å². The third kappa shape index (κ3) is 1.96. The molecule has 3 saturated carbocycles. The molecule has 4 heteroatoms. The van der Waals surface area contributed by atoms with Gasteiger partial charge in [-0.1, -0.05) is 19.4 Å². The lowest BCUT2D eigenvalue weighted by molar-refractivity contribution is -0.0154. The van der Waals surface area contributed by atoms with E-state index < -0.39 is 0 Å². The molecule has 23 heavy (non-hydrogen) atoms. The summed E-state index contributed by atoms with van der Waals surface area (Å²) >= 11 is 0. The van der Waals surface area contributed by atoms with Gasteiger partial charge in [-0.3, -0.25) is 0 Å². The lowest BCUT2D eigenvalue weighted by atomic mass is 9.47. The molecule has 3 fully saturated rings. The van der Waals surface area contributed by atoms with Gasteiger partial charge in [0.1, 0.15) is 0 Å². The number of fused-ring (bicyclic) bond motifs is 5. The number of hydrogen-bond donors (Lipinski definition) is 2. The quantitative estimate of drug-likeness (QED) is 0.529. The predicted octanol–water partition coefficient (Wildman–Crippen LogP) is 3.58. The lowest BCUT2D eigenvalue weighted by Gasteiger charge is -2.57. The molecule has 4 nitrogen and oxygen atoms in total. The minimum atomic E-state index is 0.270. The van der Waals surface area contributed by atoms with Gasteiger partial charge < -0.3 is 11.7 Å². The number of hydrazone groups is 2. The number of nitrogens with two attached hydrogens (primary N) is 2. The Kier molecular flexibility index (Phi) is 3.37. The molecule has 0 spiro atoms. The van der Waals surface area contributed by atoms with Gasteiger partial charge in [0.15, 0.2) is 0 Å². The topological polar surface area (TPSA) is 76.8 Å². The van der Waals surface area contributed by atoms with E-state index in [-0.39, 0.29) is 5.41 Å². The number of allylic oxidation sites excluding steroid dienone is 2. The summed E-state index contributed by atoms with van der Waals surface area (Å²) in [7, 11) is 0. The molecule has 4 aliphatic rings. The van der Waals surface area contributed by atoms with Gasteiger partial charge in [-0.25, -0.2) is 0 Å². The summed E-state index contributed by atoms with van der Waals surface area (Å²) in [5.41, 5.74) is 4.62. The van der Waals surface area contributed by atoms with E-state index in [1.807, 2.05) is 0 Å². The summed E-state index contributed by atoms with van der Waals surface area (Å²) in [5.74, 6) is 13.7. The molecule has 5 atom stereocenters. The summed E-state index contributed by atoms with van der Waals surface area (Å²) < 4.78 is 0. The number of nitrogens with zero attached hydrogens (tertiary/aromatic N) is 2. The largest absolute Gasteiger partial charge is 0.323 e. The monoisotopic (exact) mass is 314 g/mol. The van der Waals surface area contributed by atoms with Gasteiger partial charge in [0, 0.05) is 11.1 Å². The van der Waals surface area contributed by atoms with Crippen LogP contribution < -0.4 is 11.7 Å². The normalized spacial score (nSPS) is 49.5. The van der Waals surface area contributed by atoms with Crippen molar-refractivity contribution >= 4 is 11.4 Å². The highest BCUT2D eigenvalue weighted by Gasteiger charge is 2.58. The van der Waals surface area contributed by atoms with Crippen molar-refractivity contribution < 1.29 is 0 Å². The maximum atomic E-state index is 5.71. The molecule has 0 unspecified atom stereocenters. The van der Waals surface area contributed by atoms with E-state index >= 15 is 0 Å². The van der Waals surface area contributed by atoms with Crippen molar-refractivity contribution in [3.8, 4) is 0 Å². The van der Waals surface area contributed by atoms with Crippen LogP contribution in [0.25, 0.3) is 0 Å². The second-order valence-corrected chi connectivity index (χ2v) is 8.69. The first kappa shape index (κ1) is 15.2. The van der Waals surface area contributed by atoms with Gasteiger partial charge in [-0.15, -0.1) is 0 Å². The third-order valence-corrected chi connectivity index (χ3v) is 8.04. The predicted molar refractivity (Wildman–Crippen MR) is 94.9 cm³/mol. The zero-order valence-corrected chi connectivity index (χ0v) is 14.5. The van der Waals surface area contributed by atoms with Crippen LogP contribution in [0.1, 0.15) is 65.2 Å². The van der Waals surface area contributed by atoms with E-state index in [0.29, 0.717) is 5.41 Å². The van der Waals surface area contributed by atoms with Crippen molar-refractivity contribution in [2.45, 2.75) is 65.2 Å². The molecule has 0 aromatic carbocycles. The first-order valence-electron chi connectivity index (χ1n) is 9.28. The van der Waals surface area contributed by atoms with Crippen LogP contribution in [0.3, 0.4) is 0 Å². The van der Waals surface area contributed by atoms with Gasteiger partial charge in [-0.05, 0) is 80.6 Å². The van der Waals surface area contributed by atoms with Crippen LogP contribution in [-0.2, 0) is 0 Å². The summed E-state index contributed by atoms with van der Waals surface area (Å²) in [5, 5.41) is 8.15. The van der Waals surface area contributed by atoms with E-state index in [2.05, 4.69) is 30.1 Å². The molecule has 0 saturated heterocycles. The van der Waals surface area contributed by atoms with Gasteiger partial charge in [-0.2, -0.15) is 10.2 Å². The van der Waals surface area contributed by atoms with Gasteiger partial charge in [0.2, 0.25) is 0 Å². The lowest BCUT2D eigenvalue weighted by Crippen LogP contribution is -2.50. The summed E-state index contributed by atoms with van der Waals surface area (Å²) in [6.45, 7) is 4.94. The van der Waals surface area contributed by atoms with Crippen LogP contribution in [0.5, 0.6) is 0 Å². The molecule has 0 aromatic rings. The zero-order valence-electron chi connectivity index (χ0n) is 14.5. The molecule has 4 N–H and O–H groups in total. The van der Waals surface area contributed by atoms with E-state index in [1.54, 1.807) is 5.57 Å². The van der Waals surface area contributed by atoms with Gasteiger partial charge in [0.25, 0.3) is 0 Å². The van der Waals surface area contributed by atoms with E-state index in [0.717, 1.165) is 36.3 Å². The zero-order chi connectivity index (χ0) is 16.2. The molecule has 0 amide bonds. The smallest absolute Gasteiger partial charge is 0.0600 e. The fourth-order valence-corrected chi connectivity index (χ4v) is 6.67. The average Bonchev–Trinajstić information content (AvgIpc) is 2.90.